The van der Waals surface area contributed by atoms with Crippen molar-refractivity contribution >= 4 is 17.5 Å². The number of benzene rings is 3. The van der Waals surface area contributed by atoms with Crippen LogP contribution in [0, 0.1) is 18.6 Å². The molecule has 2 N–H and O–H groups in total. The number of carbonyl (C=O) groups is 2. The fraction of sp³-hybridized carbons (Fsp3) is 0.0909. The predicted octanol–water partition coefficient (Wildman–Crippen LogP) is 4.46. The van der Waals surface area contributed by atoms with E-state index in [-0.39, 0.29) is 17.2 Å². The van der Waals surface area contributed by atoms with Crippen molar-refractivity contribution < 1.29 is 18.4 Å². The fourth-order valence-electron chi connectivity index (χ4n) is 2.55. The molecular formula is C22H18F2N2O2. The first kappa shape index (κ1) is 19.2. The van der Waals surface area contributed by atoms with Gasteiger partial charge in [-0.1, -0.05) is 29.8 Å². The summed E-state index contributed by atoms with van der Waals surface area (Å²) >= 11 is 0. The third-order valence-electron chi connectivity index (χ3n) is 4.16. The smallest absolute Gasteiger partial charge is 0.255 e. The van der Waals surface area contributed by atoms with Gasteiger partial charge in [0.15, 0.2) is 0 Å². The number of carbonyl (C=O) groups excluding carboxylic acids is 2. The largest absolute Gasteiger partial charge is 0.348 e. The Morgan fingerprint density at radius 3 is 2.04 bits per heavy atom. The van der Waals surface area contributed by atoms with Gasteiger partial charge in [-0.15, -0.1) is 0 Å². The minimum absolute atomic E-state index is 0.119. The maximum absolute atomic E-state index is 13.6. The molecule has 0 atom stereocenters. The van der Waals surface area contributed by atoms with Crippen LogP contribution in [0.1, 0.15) is 31.8 Å². The van der Waals surface area contributed by atoms with Crippen molar-refractivity contribution in [2.24, 2.45) is 0 Å². The highest BCUT2D eigenvalue weighted by molar-refractivity contribution is 6.05. The molecule has 0 spiro atoms. The zero-order chi connectivity index (χ0) is 20.1. The molecule has 0 fully saturated rings. The van der Waals surface area contributed by atoms with Crippen molar-refractivity contribution in [3.8, 4) is 0 Å². The number of rotatable bonds is 5. The van der Waals surface area contributed by atoms with Gasteiger partial charge in [-0.25, -0.2) is 8.78 Å². The van der Waals surface area contributed by atoms with Crippen molar-refractivity contribution in [3.63, 3.8) is 0 Å². The van der Waals surface area contributed by atoms with Crippen LogP contribution in [0.2, 0.25) is 0 Å². The molecule has 0 radical (unpaired) electrons. The predicted molar refractivity (Wildman–Crippen MR) is 103 cm³/mol. The molecular weight excluding hydrogens is 362 g/mol. The van der Waals surface area contributed by atoms with Gasteiger partial charge in [0.25, 0.3) is 11.8 Å². The highest BCUT2D eigenvalue weighted by atomic mass is 19.1. The number of hydrogen-bond donors (Lipinski definition) is 2. The molecule has 0 aliphatic carbocycles. The zero-order valence-electron chi connectivity index (χ0n) is 15.1. The summed E-state index contributed by atoms with van der Waals surface area (Å²) in [5.74, 6) is -2.41. The Morgan fingerprint density at radius 1 is 0.821 bits per heavy atom. The minimum Gasteiger partial charge on any atom is -0.348 e. The van der Waals surface area contributed by atoms with E-state index in [1.165, 1.54) is 24.3 Å². The Kier molecular flexibility index (Phi) is 5.79. The standard InChI is InChI=1S/C22H18F2N2O2/c1-14-2-4-15(5-3-14)13-25-21(27)16-6-8-17(9-7-16)22(28)26-20-11-10-18(23)12-19(20)24/h2-12H,13H2,1H3,(H,25,27)(H,26,28). The van der Waals surface area contributed by atoms with Crippen LogP contribution in [0.5, 0.6) is 0 Å². The molecule has 3 rings (SSSR count). The summed E-state index contributed by atoms with van der Waals surface area (Å²) in [6.07, 6.45) is 0. The van der Waals surface area contributed by atoms with E-state index in [1.807, 2.05) is 31.2 Å². The van der Waals surface area contributed by atoms with Crippen molar-refractivity contribution in [3.05, 3.63) is 101 Å². The monoisotopic (exact) mass is 380 g/mol. The minimum atomic E-state index is -0.861. The lowest BCUT2D eigenvalue weighted by Crippen LogP contribution is -2.23. The quantitative estimate of drug-likeness (QED) is 0.687. The van der Waals surface area contributed by atoms with Crippen LogP contribution in [0.4, 0.5) is 14.5 Å². The third-order valence-corrected chi connectivity index (χ3v) is 4.16. The van der Waals surface area contributed by atoms with Crippen LogP contribution in [0.25, 0.3) is 0 Å². The first-order valence-electron chi connectivity index (χ1n) is 8.62. The van der Waals surface area contributed by atoms with Gasteiger partial charge in [-0.3, -0.25) is 9.59 Å². The summed E-state index contributed by atoms with van der Waals surface area (Å²) in [5, 5.41) is 5.18. The summed E-state index contributed by atoms with van der Waals surface area (Å²) in [7, 11) is 0. The summed E-state index contributed by atoms with van der Waals surface area (Å²) in [5.41, 5.74) is 2.66. The Balaban J connectivity index is 1.61. The molecule has 0 saturated carbocycles. The molecule has 0 heterocycles. The maximum Gasteiger partial charge on any atom is 0.255 e. The van der Waals surface area contributed by atoms with Gasteiger partial charge in [-0.05, 0) is 48.9 Å². The van der Waals surface area contributed by atoms with Gasteiger partial charge >= 0.3 is 0 Å². The number of nitrogens with one attached hydrogen (secondary N) is 2. The molecule has 3 aromatic carbocycles. The van der Waals surface area contributed by atoms with Gasteiger partial charge in [0, 0.05) is 23.7 Å². The van der Waals surface area contributed by atoms with Crippen molar-refractivity contribution in [2.45, 2.75) is 13.5 Å². The second kappa shape index (κ2) is 8.43. The number of halogens is 2. The lowest BCUT2D eigenvalue weighted by atomic mass is 10.1. The summed E-state index contributed by atoms with van der Waals surface area (Å²) in [6.45, 7) is 2.38. The summed E-state index contributed by atoms with van der Waals surface area (Å²) < 4.78 is 26.6. The van der Waals surface area contributed by atoms with E-state index in [1.54, 1.807) is 0 Å². The SMILES string of the molecule is Cc1ccc(CNC(=O)c2ccc(C(=O)Nc3ccc(F)cc3F)cc2)cc1. The Bertz CT molecular complexity index is 1000. The van der Waals surface area contributed by atoms with E-state index in [9.17, 15) is 18.4 Å². The van der Waals surface area contributed by atoms with Crippen LogP contribution in [0.3, 0.4) is 0 Å². The highest BCUT2D eigenvalue weighted by Crippen LogP contribution is 2.16. The maximum atomic E-state index is 13.6. The second-order valence-corrected chi connectivity index (χ2v) is 6.32. The normalized spacial score (nSPS) is 10.4. The molecule has 6 heteroatoms. The molecule has 0 aliphatic heterocycles. The number of anilines is 1. The van der Waals surface area contributed by atoms with Crippen LogP contribution < -0.4 is 10.6 Å². The Morgan fingerprint density at radius 2 is 1.43 bits per heavy atom. The summed E-state index contributed by atoms with van der Waals surface area (Å²) in [6, 6.07) is 16.7. The number of hydrogen-bond acceptors (Lipinski definition) is 2. The Hall–Kier alpha value is -3.54. The van der Waals surface area contributed by atoms with E-state index < -0.39 is 17.5 Å². The van der Waals surface area contributed by atoms with E-state index in [2.05, 4.69) is 10.6 Å². The molecule has 142 valence electrons. The van der Waals surface area contributed by atoms with Crippen LogP contribution in [0.15, 0.2) is 66.7 Å². The number of aryl methyl sites for hydroxylation is 1. The van der Waals surface area contributed by atoms with Crippen LogP contribution in [-0.4, -0.2) is 11.8 Å². The molecule has 0 saturated heterocycles. The first-order valence-corrected chi connectivity index (χ1v) is 8.62. The average molecular weight is 380 g/mol. The molecule has 3 aromatic rings. The molecule has 4 nitrogen and oxygen atoms in total. The van der Waals surface area contributed by atoms with Gasteiger partial charge in [0.1, 0.15) is 11.6 Å². The number of amides is 2. The molecule has 0 aromatic heterocycles. The van der Waals surface area contributed by atoms with Gasteiger partial charge < -0.3 is 10.6 Å². The van der Waals surface area contributed by atoms with Crippen LogP contribution >= 0.6 is 0 Å². The lowest BCUT2D eigenvalue weighted by Gasteiger charge is -2.08. The van der Waals surface area contributed by atoms with E-state index >= 15 is 0 Å². The topological polar surface area (TPSA) is 58.2 Å². The van der Waals surface area contributed by atoms with Gasteiger partial charge in [-0.2, -0.15) is 0 Å². The summed E-state index contributed by atoms with van der Waals surface area (Å²) in [4.78, 5) is 24.4. The highest BCUT2D eigenvalue weighted by Gasteiger charge is 2.12. The van der Waals surface area contributed by atoms with Crippen LogP contribution in [-0.2, 0) is 6.54 Å². The molecule has 0 aliphatic rings. The molecule has 0 bridgehead atoms. The van der Waals surface area contributed by atoms with Crippen molar-refractivity contribution in [1.82, 2.24) is 5.32 Å². The molecule has 28 heavy (non-hydrogen) atoms. The van der Waals surface area contributed by atoms with E-state index in [0.717, 1.165) is 23.3 Å². The molecule has 2 amide bonds. The van der Waals surface area contributed by atoms with Gasteiger partial charge in [0.05, 0.1) is 5.69 Å². The first-order chi connectivity index (χ1) is 13.4. The van der Waals surface area contributed by atoms with Crippen molar-refractivity contribution in [1.29, 1.82) is 0 Å². The van der Waals surface area contributed by atoms with Gasteiger partial charge in [0.2, 0.25) is 0 Å². The zero-order valence-corrected chi connectivity index (χ0v) is 15.1. The Labute approximate surface area is 161 Å². The van der Waals surface area contributed by atoms with E-state index in [4.69, 9.17) is 0 Å². The van der Waals surface area contributed by atoms with E-state index in [0.29, 0.717) is 18.2 Å². The second-order valence-electron chi connectivity index (χ2n) is 6.32. The molecule has 0 unspecified atom stereocenters. The van der Waals surface area contributed by atoms with Crippen molar-refractivity contribution in [2.75, 3.05) is 5.32 Å². The average Bonchev–Trinajstić information content (AvgIpc) is 2.69. The lowest BCUT2D eigenvalue weighted by molar-refractivity contribution is 0.0949. The third kappa shape index (κ3) is 4.79. The fourth-order valence-corrected chi connectivity index (χ4v) is 2.55.